The molecular formula is C15H14ClN3. The van der Waals surface area contributed by atoms with E-state index in [1.165, 1.54) is 5.57 Å². The Balaban J connectivity index is 2.18. The van der Waals surface area contributed by atoms with Gasteiger partial charge in [0.2, 0.25) is 0 Å². The quantitative estimate of drug-likeness (QED) is 0.636. The average Bonchev–Trinajstić information content (AvgIpc) is 2.63. The molecule has 1 aliphatic carbocycles. The maximum atomic E-state index is 8.86. The molecule has 2 aliphatic heterocycles. The van der Waals surface area contributed by atoms with Crippen LogP contribution in [0.3, 0.4) is 0 Å². The van der Waals surface area contributed by atoms with Gasteiger partial charge < -0.3 is 4.90 Å². The predicted molar refractivity (Wildman–Crippen MR) is 76.8 cm³/mol. The molecule has 3 rings (SSSR count). The third-order valence-electron chi connectivity index (χ3n) is 3.97. The third kappa shape index (κ3) is 1.88. The summed E-state index contributed by atoms with van der Waals surface area (Å²) in [6.07, 6.45) is 10.1. The SMILES string of the molecule is CN1CC2=C(Cl)C=CN=C3C=C/C(=C/C#N)CC32C1. The van der Waals surface area contributed by atoms with Gasteiger partial charge in [-0.2, -0.15) is 5.26 Å². The van der Waals surface area contributed by atoms with Gasteiger partial charge in [-0.1, -0.05) is 17.7 Å². The van der Waals surface area contributed by atoms with E-state index in [0.717, 1.165) is 35.8 Å². The molecule has 4 heteroatoms. The Morgan fingerprint density at radius 1 is 1.47 bits per heavy atom. The molecule has 1 saturated heterocycles. The van der Waals surface area contributed by atoms with Crippen molar-refractivity contribution in [2.45, 2.75) is 6.42 Å². The summed E-state index contributed by atoms with van der Waals surface area (Å²) < 4.78 is 0. The van der Waals surface area contributed by atoms with Crippen molar-refractivity contribution in [3.8, 4) is 6.07 Å². The van der Waals surface area contributed by atoms with Crippen molar-refractivity contribution < 1.29 is 0 Å². The van der Waals surface area contributed by atoms with Crippen molar-refractivity contribution in [3.05, 3.63) is 46.7 Å². The van der Waals surface area contributed by atoms with E-state index in [0.29, 0.717) is 0 Å². The fourth-order valence-electron chi connectivity index (χ4n) is 3.21. The number of hydrogen-bond donors (Lipinski definition) is 0. The molecule has 3 nitrogen and oxygen atoms in total. The maximum Gasteiger partial charge on any atom is 0.0914 e. The van der Waals surface area contributed by atoms with Gasteiger partial charge in [0, 0.05) is 30.4 Å². The second kappa shape index (κ2) is 4.48. The molecule has 96 valence electrons. The van der Waals surface area contributed by atoms with Crippen LogP contribution in [0.5, 0.6) is 0 Å². The van der Waals surface area contributed by atoms with Gasteiger partial charge in [0.05, 0.1) is 17.2 Å². The van der Waals surface area contributed by atoms with Gasteiger partial charge in [-0.15, -0.1) is 0 Å². The molecule has 0 aromatic carbocycles. The van der Waals surface area contributed by atoms with E-state index in [-0.39, 0.29) is 5.41 Å². The Hall–Kier alpha value is -1.63. The zero-order valence-corrected chi connectivity index (χ0v) is 11.5. The molecule has 1 spiro atoms. The van der Waals surface area contributed by atoms with E-state index in [1.54, 1.807) is 12.3 Å². The molecule has 1 atom stereocenters. The van der Waals surface area contributed by atoms with Crippen molar-refractivity contribution in [2.75, 3.05) is 20.1 Å². The van der Waals surface area contributed by atoms with Gasteiger partial charge in [-0.25, -0.2) is 0 Å². The molecule has 0 radical (unpaired) electrons. The minimum Gasteiger partial charge on any atom is -0.301 e. The number of rotatable bonds is 0. The average molecular weight is 272 g/mol. The fourth-order valence-corrected chi connectivity index (χ4v) is 3.51. The summed E-state index contributed by atoms with van der Waals surface area (Å²) in [6, 6.07) is 2.12. The number of likely N-dealkylation sites (N-methyl/N-ethyl adjacent to an activating group) is 1. The van der Waals surface area contributed by atoms with Gasteiger partial charge in [0.15, 0.2) is 0 Å². The normalized spacial score (nSPS) is 31.8. The van der Waals surface area contributed by atoms with Crippen LogP contribution in [-0.4, -0.2) is 30.7 Å². The summed E-state index contributed by atoms with van der Waals surface area (Å²) in [5.41, 5.74) is 3.15. The lowest BCUT2D eigenvalue weighted by molar-refractivity contribution is 0.365. The Morgan fingerprint density at radius 3 is 3.11 bits per heavy atom. The number of nitriles is 1. The zero-order chi connectivity index (χ0) is 13.5. The van der Waals surface area contributed by atoms with Crippen LogP contribution < -0.4 is 0 Å². The largest absolute Gasteiger partial charge is 0.301 e. The second-order valence-corrected chi connectivity index (χ2v) is 5.68. The van der Waals surface area contributed by atoms with Crippen molar-refractivity contribution in [1.82, 2.24) is 4.90 Å². The fraction of sp³-hybridized carbons (Fsp3) is 0.333. The third-order valence-corrected chi connectivity index (χ3v) is 4.32. The van der Waals surface area contributed by atoms with Gasteiger partial charge in [-0.05, 0) is 36.8 Å². The van der Waals surface area contributed by atoms with Crippen LogP contribution in [0.2, 0.25) is 0 Å². The Bertz CT molecular complexity index is 616. The highest BCUT2D eigenvalue weighted by Gasteiger charge is 2.47. The van der Waals surface area contributed by atoms with E-state index in [2.05, 4.69) is 23.0 Å². The molecule has 0 saturated carbocycles. The number of allylic oxidation sites excluding steroid dienone is 6. The number of aliphatic imine (C=N–C) groups is 1. The second-order valence-electron chi connectivity index (χ2n) is 5.27. The lowest BCUT2D eigenvalue weighted by atomic mass is 9.70. The first-order valence-electron chi connectivity index (χ1n) is 6.25. The first kappa shape index (κ1) is 12.4. The molecule has 0 aromatic rings. The van der Waals surface area contributed by atoms with Crippen LogP contribution in [0.4, 0.5) is 0 Å². The van der Waals surface area contributed by atoms with Gasteiger partial charge >= 0.3 is 0 Å². The predicted octanol–water partition coefficient (Wildman–Crippen LogP) is 2.79. The van der Waals surface area contributed by atoms with E-state index in [4.69, 9.17) is 16.9 Å². The number of nitrogens with zero attached hydrogens (tertiary/aromatic N) is 3. The molecule has 0 N–H and O–H groups in total. The summed E-state index contributed by atoms with van der Waals surface area (Å²) >= 11 is 6.41. The number of halogens is 1. The van der Waals surface area contributed by atoms with Crippen LogP contribution in [0.1, 0.15) is 6.42 Å². The molecule has 2 heterocycles. The maximum absolute atomic E-state index is 8.86. The van der Waals surface area contributed by atoms with Crippen LogP contribution in [0.15, 0.2) is 51.7 Å². The molecule has 1 unspecified atom stereocenters. The smallest absolute Gasteiger partial charge is 0.0914 e. The number of hydrogen-bond acceptors (Lipinski definition) is 3. The summed E-state index contributed by atoms with van der Waals surface area (Å²) in [4.78, 5) is 6.80. The highest BCUT2D eigenvalue weighted by atomic mass is 35.5. The molecule has 3 aliphatic rings. The minimum absolute atomic E-state index is 0.160. The van der Waals surface area contributed by atoms with E-state index in [1.807, 2.05) is 18.2 Å². The topological polar surface area (TPSA) is 39.4 Å². The lowest BCUT2D eigenvalue weighted by Crippen LogP contribution is -2.36. The molecule has 1 fully saturated rings. The molecule has 0 amide bonds. The van der Waals surface area contributed by atoms with Crippen molar-refractivity contribution in [1.29, 1.82) is 5.26 Å². The van der Waals surface area contributed by atoms with E-state index < -0.39 is 0 Å². The standard InChI is InChI=1S/C15H14ClN3/c1-19-9-12-13(16)5-7-18-14-3-2-11(4-6-17)8-15(12,14)10-19/h2-5,7H,8-10H2,1H3/b11-4-. The highest BCUT2D eigenvalue weighted by Crippen LogP contribution is 2.47. The van der Waals surface area contributed by atoms with Gasteiger partial charge in [-0.3, -0.25) is 4.99 Å². The molecule has 0 bridgehead atoms. The van der Waals surface area contributed by atoms with Crippen molar-refractivity contribution in [2.24, 2.45) is 10.4 Å². The van der Waals surface area contributed by atoms with Crippen molar-refractivity contribution >= 4 is 17.3 Å². The number of likely N-dealkylation sites (tertiary alicyclic amines) is 1. The Labute approximate surface area is 117 Å². The molecule has 19 heavy (non-hydrogen) atoms. The first-order valence-corrected chi connectivity index (χ1v) is 6.63. The Kier molecular flexibility index (Phi) is 2.93. The van der Waals surface area contributed by atoms with Crippen LogP contribution >= 0.6 is 11.6 Å². The molecule has 0 aromatic heterocycles. The highest BCUT2D eigenvalue weighted by molar-refractivity contribution is 6.32. The molecular weight excluding hydrogens is 258 g/mol. The van der Waals surface area contributed by atoms with E-state index >= 15 is 0 Å². The van der Waals surface area contributed by atoms with E-state index in [9.17, 15) is 0 Å². The van der Waals surface area contributed by atoms with Crippen LogP contribution in [-0.2, 0) is 0 Å². The first-order chi connectivity index (χ1) is 9.15. The monoisotopic (exact) mass is 271 g/mol. The summed E-state index contributed by atoms with van der Waals surface area (Å²) in [6.45, 7) is 1.75. The Morgan fingerprint density at radius 2 is 2.32 bits per heavy atom. The van der Waals surface area contributed by atoms with Gasteiger partial charge in [0.25, 0.3) is 0 Å². The van der Waals surface area contributed by atoms with Gasteiger partial charge in [0.1, 0.15) is 0 Å². The summed E-state index contributed by atoms with van der Waals surface area (Å²) in [5.74, 6) is 0. The van der Waals surface area contributed by atoms with Crippen LogP contribution in [0, 0.1) is 16.7 Å². The zero-order valence-electron chi connectivity index (χ0n) is 10.7. The summed E-state index contributed by atoms with van der Waals surface area (Å²) in [5, 5.41) is 9.65. The minimum atomic E-state index is -0.160. The van der Waals surface area contributed by atoms with Crippen molar-refractivity contribution in [3.63, 3.8) is 0 Å². The summed E-state index contributed by atoms with van der Waals surface area (Å²) in [7, 11) is 2.09. The lowest BCUT2D eigenvalue weighted by Gasteiger charge is -2.33. The van der Waals surface area contributed by atoms with Crippen LogP contribution in [0.25, 0.3) is 0 Å².